The standard InChI is InChI=1S/C14H21Cl2O2PS2/c1-5-12(11-8-7-9-14(15,16)10-11)21-19(17,20)18-13(3,4)6-2/h5,7-9,12H,1,6,10H2,2-4H3,(H,17,20). The van der Waals surface area contributed by atoms with Gasteiger partial charge in [-0.2, -0.15) is 0 Å². The number of halogens is 2. The molecule has 21 heavy (non-hydrogen) atoms. The van der Waals surface area contributed by atoms with Crippen molar-refractivity contribution in [1.29, 1.82) is 0 Å². The van der Waals surface area contributed by atoms with Crippen LogP contribution in [-0.4, -0.2) is 20.1 Å². The van der Waals surface area contributed by atoms with Crippen molar-refractivity contribution in [1.82, 2.24) is 0 Å². The average Bonchev–Trinajstić information content (AvgIpc) is 2.33. The Kier molecular flexibility index (Phi) is 7.08. The number of rotatable bonds is 7. The Morgan fingerprint density at radius 1 is 1.67 bits per heavy atom. The van der Waals surface area contributed by atoms with Gasteiger partial charge >= 0.3 is 0 Å². The molecule has 2 nitrogen and oxygen atoms in total. The van der Waals surface area contributed by atoms with Crippen molar-refractivity contribution >= 4 is 52.1 Å². The van der Waals surface area contributed by atoms with Crippen LogP contribution in [0.1, 0.15) is 33.6 Å². The summed E-state index contributed by atoms with van der Waals surface area (Å²) in [6.07, 6.45) is 8.46. The summed E-state index contributed by atoms with van der Waals surface area (Å²) in [4.78, 5) is 10.5. The lowest BCUT2D eigenvalue weighted by Crippen LogP contribution is -2.22. The smallest absolute Gasteiger partial charge is 0.246 e. The van der Waals surface area contributed by atoms with Crippen LogP contribution in [0.4, 0.5) is 0 Å². The fourth-order valence-corrected chi connectivity index (χ4v) is 7.32. The predicted octanol–water partition coefficient (Wildman–Crippen LogP) is 5.76. The molecule has 1 rings (SSSR count). The Morgan fingerprint density at radius 3 is 2.76 bits per heavy atom. The molecule has 0 saturated carbocycles. The van der Waals surface area contributed by atoms with Crippen molar-refractivity contribution in [2.75, 3.05) is 0 Å². The van der Waals surface area contributed by atoms with E-state index in [1.165, 1.54) is 11.4 Å². The van der Waals surface area contributed by atoms with Crippen LogP contribution in [0.25, 0.3) is 0 Å². The SMILES string of the molecule is C=CC(SP(O)(=S)OC(C)(C)CC)C1=CC=CC(Cl)(Cl)C1. The zero-order chi connectivity index (χ0) is 16.3. The molecule has 0 bridgehead atoms. The third-order valence-electron chi connectivity index (χ3n) is 3.13. The van der Waals surface area contributed by atoms with Gasteiger partial charge in [0.1, 0.15) is 4.33 Å². The molecule has 1 aliphatic carbocycles. The van der Waals surface area contributed by atoms with Crippen LogP contribution >= 0.6 is 40.3 Å². The van der Waals surface area contributed by atoms with Crippen molar-refractivity contribution in [3.05, 3.63) is 36.5 Å². The molecule has 0 aromatic carbocycles. The molecule has 0 fully saturated rings. The Labute approximate surface area is 146 Å². The molecular weight excluding hydrogens is 366 g/mol. The molecule has 0 spiro atoms. The lowest BCUT2D eigenvalue weighted by molar-refractivity contribution is 0.112. The third-order valence-corrected chi connectivity index (χ3v) is 8.07. The highest BCUT2D eigenvalue weighted by molar-refractivity contribution is 8.67. The number of alkyl halides is 2. The van der Waals surface area contributed by atoms with Crippen LogP contribution in [0.15, 0.2) is 36.5 Å². The van der Waals surface area contributed by atoms with Crippen LogP contribution in [0.5, 0.6) is 0 Å². The van der Waals surface area contributed by atoms with Crippen molar-refractivity contribution in [2.45, 2.75) is 48.8 Å². The Balaban J connectivity index is 2.83. The van der Waals surface area contributed by atoms with E-state index in [2.05, 4.69) is 6.58 Å². The van der Waals surface area contributed by atoms with Gasteiger partial charge in [0.05, 0.1) is 10.9 Å². The second kappa shape index (κ2) is 7.53. The van der Waals surface area contributed by atoms with Gasteiger partial charge in [0.15, 0.2) is 0 Å². The molecule has 2 atom stereocenters. The fraction of sp³-hybridized carbons (Fsp3) is 0.571. The van der Waals surface area contributed by atoms with Crippen LogP contribution < -0.4 is 0 Å². The molecule has 0 aliphatic heterocycles. The molecule has 1 aliphatic rings. The number of hydrogen-bond acceptors (Lipinski definition) is 3. The molecule has 0 aromatic rings. The van der Waals surface area contributed by atoms with Crippen LogP contribution in [0, 0.1) is 0 Å². The van der Waals surface area contributed by atoms with Crippen LogP contribution in [-0.2, 0) is 16.3 Å². The van der Waals surface area contributed by atoms with E-state index < -0.39 is 15.6 Å². The van der Waals surface area contributed by atoms with Crippen LogP contribution in [0.3, 0.4) is 0 Å². The first-order valence-corrected chi connectivity index (χ1v) is 11.5. The first-order valence-electron chi connectivity index (χ1n) is 6.61. The second-order valence-corrected chi connectivity index (χ2v) is 13.1. The average molecular weight is 387 g/mol. The highest BCUT2D eigenvalue weighted by Gasteiger charge is 2.32. The zero-order valence-corrected chi connectivity index (χ0v) is 16.4. The van der Waals surface area contributed by atoms with Gasteiger partial charge in [-0.25, -0.2) is 0 Å². The van der Waals surface area contributed by atoms with Gasteiger partial charge in [0.25, 0.3) is 0 Å². The zero-order valence-electron chi connectivity index (χ0n) is 12.4. The van der Waals surface area contributed by atoms with E-state index in [1.54, 1.807) is 12.2 Å². The summed E-state index contributed by atoms with van der Waals surface area (Å²) in [6, 6.07) is 0. The van der Waals surface area contributed by atoms with Gasteiger partial charge in [-0.05, 0) is 43.7 Å². The van der Waals surface area contributed by atoms with Gasteiger partial charge < -0.3 is 9.42 Å². The minimum absolute atomic E-state index is 0.171. The van der Waals surface area contributed by atoms with Gasteiger partial charge in [-0.3, -0.25) is 0 Å². The summed E-state index contributed by atoms with van der Waals surface area (Å²) in [7, 11) is 0. The molecule has 0 aromatic heterocycles. The highest BCUT2D eigenvalue weighted by atomic mass is 35.5. The maximum absolute atomic E-state index is 10.5. The molecular formula is C14H21Cl2O2PS2. The van der Waals surface area contributed by atoms with Gasteiger partial charge in [-0.1, -0.05) is 59.7 Å². The minimum atomic E-state index is -2.98. The van der Waals surface area contributed by atoms with E-state index in [0.29, 0.717) is 6.42 Å². The normalized spacial score (nSPS) is 22.3. The lowest BCUT2D eigenvalue weighted by atomic mass is 10.0. The highest BCUT2D eigenvalue weighted by Crippen LogP contribution is 2.62. The molecule has 2 unspecified atom stereocenters. The topological polar surface area (TPSA) is 29.5 Å². The Hall–Kier alpha value is 0.720. The quantitative estimate of drug-likeness (QED) is 0.342. The Bertz CT molecular complexity index is 501. The summed E-state index contributed by atoms with van der Waals surface area (Å²) in [5, 5.41) is -0.171. The Morgan fingerprint density at radius 2 is 2.29 bits per heavy atom. The number of allylic oxidation sites excluding steroid dienone is 3. The summed E-state index contributed by atoms with van der Waals surface area (Å²) >= 11 is 18.8. The molecule has 7 heteroatoms. The van der Waals surface area contributed by atoms with Crippen molar-refractivity contribution < 1.29 is 9.42 Å². The minimum Gasteiger partial charge on any atom is -0.337 e. The van der Waals surface area contributed by atoms with Crippen molar-refractivity contribution in [3.8, 4) is 0 Å². The maximum atomic E-state index is 10.5. The second-order valence-electron chi connectivity index (χ2n) is 5.47. The van der Waals surface area contributed by atoms with Gasteiger partial charge in [0, 0.05) is 6.42 Å². The van der Waals surface area contributed by atoms with E-state index in [4.69, 9.17) is 39.5 Å². The number of hydrogen-bond donors (Lipinski definition) is 1. The molecule has 0 amide bonds. The van der Waals surface area contributed by atoms with Gasteiger partial charge in [-0.15, -0.1) is 6.58 Å². The van der Waals surface area contributed by atoms with E-state index >= 15 is 0 Å². The lowest BCUT2D eigenvalue weighted by Gasteiger charge is -2.31. The first kappa shape index (κ1) is 19.8. The van der Waals surface area contributed by atoms with Crippen molar-refractivity contribution in [2.24, 2.45) is 0 Å². The third kappa shape index (κ3) is 6.78. The summed E-state index contributed by atoms with van der Waals surface area (Å²) in [5.74, 6) is 0. The summed E-state index contributed by atoms with van der Waals surface area (Å²) < 4.78 is 4.81. The largest absolute Gasteiger partial charge is 0.337 e. The predicted molar refractivity (Wildman–Crippen MR) is 99.8 cm³/mol. The molecule has 0 saturated heterocycles. The summed E-state index contributed by atoms with van der Waals surface area (Å²) in [5.41, 5.74) is -2.46. The van der Waals surface area contributed by atoms with E-state index in [0.717, 1.165) is 12.0 Å². The molecule has 120 valence electrons. The van der Waals surface area contributed by atoms with Gasteiger partial charge in [0.2, 0.25) is 5.69 Å². The first-order chi connectivity index (χ1) is 9.50. The molecule has 0 heterocycles. The van der Waals surface area contributed by atoms with E-state index in [9.17, 15) is 4.89 Å². The molecule has 1 N–H and O–H groups in total. The fourth-order valence-electron chi connectivity index (χ4n) is 1.70. The van der Waals surface area contributed by atoms with E-state index in [1.807, 2.05) is 32.9 Å². The van der Waals surface area contributed by atoms with Crippen LogP contribution in [0.2, 0.25) is 0 Å². The van der Waals surface area contributed by atoms with Crippen molar-refractivity contribution in [3.63, 3.8) is 0 Å². The molecule has 0 radical (unpaired) electrons. The van der Waals surface area contributed by atoms with E-state index in [-0.39, 0.29) is 5.25 Å². The monoisotopic (exact) mass is 386 g/mol. The maximum Gasteiger partial charge on any atom is 0.246 e. The summed E-state index contributed by atoms with van der Waals surface area (Å²) in [6.45, 7) is 9.64.